The van der Waals surface area contributed by atoms with Crippen molar-refractivity contribution in [3.8, 4) is 11.5 Å². The quantitative estimate of drug-likeness (QED) is 0.0535. The number of phosphoric ester groups is 1. The van der Waals surface area contributed by atoms with Crippen LogP contribution in [0.3, 0.4) is 0 Å². The Morgan fingerprint density at radius 2 is 1.07 bits per heavy atom. The van der Waals surface area contributed by atoms with Gasteiger partial charge in [-0.2, -0.15) is 0 Å². The van der Waals surface area contributed by atoms with Crippen molar-refractivity contribution >= 4 is 19.9 Å². The second-order valence-electron chi connectivity index (χ2n) is 12.5. The van der Waals surface area contributed by atoms with Crippen molar-refractivity contribution in [1.82, 2.24) is 5.32 Å². The number of hydrogen-bond acceptors (Lipinski definition) is 11. The van der Waals surface area contributed by atoms with Crippen molar-refractivity contribution in [1.29, 1.82) is 0 Å². The van der Waals surface area contributed by atoms with Crippen LogP contribution in [0.25, 0.3) is 0 Å². The molecular formula is C43H46NO11P. The Kier molecular flexibility index (Phi) is 16.5. The third-order valence-corrected chi connectivity index (χ3v) is 9.70. The molecule has 12 nitrogen and oxygen atoms in total. The first-order chi connectivity index (χ1) is 27.3. The highest BCUT2D eigenvalue weighted by Crippen LogP contribution is 2.52. The molecule has 1 unspecified atom stereocenters. The number of ether oxygens (including phenoxy) is 5. The number of methoxy groups -OCH3 is 1. The summed E-state index contributed by atoms with van der Waals surface area (Å²) in [5, 5.41) is 2.52. The number of benzene rings is 5. The predicted molar refractivity (Wildman–Crippen MR) is 209 cm³/mol. The highest BCUT2D eigenvalue weighted by Gasteiger charge is 2.38. The molecule has 0 aromatic heterocycles. The largest absolute Gasteiger partial charge is 0.497 e. The van der Waals surface area contributed by atoms with Crippen molar-refractivity contribution in [2.45, 2.75) is 51.6 Å². The zero-order chi connectivity index (χ0) is 39.4. The minimum atomic E-state index is -4.53. The molecule has 1 amide bonds. The van der Waals surface area contributed by atoms with E-state index in [0.717, 1.165) is 16.7 Å². The van der Waals surface area contributed by atoms with Gasteiger partial charge in [-0.3, -0.25) is 13.6 Å². The van der Waals surface area contributed by atoms with Crippen LogP contribution in [0.1, 0.15) is 29.2 Å². The van der Waals surface area contributed by atoms with E-state index in [0.29, 0.717) is 17.1 Å². The van der Waals surface area contributed by atoms with Gasteiger partial charge in [0.1, 0.15) is 37.4 Å². The van der Waals surface area contributed by atoms with Gasteiger partial charge in [-0.05, 0) is 53.4 Å². The van der Waals surface area contributed by atoms with Gasteiger partial charge < -0.3 is 29.0 Å². The average molecular weight is 784 g/mol. The molecule has 0 radical (unpaired) electrons. The number of phosphoric acid groups is 1. The third-order valence-electron chi connectivity index (χ3n) is 8.20. The van der Waals surface area contributed by atoms with Gasteiger partial charge in [0.05, 0.1) is 33.0 Å². The molecule has 13 heteroatoms. The van der Waals surface area contributed by atoms with Crippen LogP contribution in [0.5, 0.6) is 11.5 Å². The van der Waals surface area contributed by atoms with Crippen molar-refractivity contribution < 1.29 is 51.4 Å². The van der Waals surface area contributed by atoms with E-state index in [9.17, 15) is 14.2 Å². The highest BCUT2D eigenvalue weighted by atomic mass is 31.2. The molecule has 4 atom stereocenters. The Hall–Kier alpha value is -5.49. The lowest BCUT2D eigenvalue weighted by atomic mass is 10.2. The summed E-state index contributed by atoms with van der Waals surface area (Å²) in [7, 11) is -2.95. The van der Waals surface area contributed by atoms with Gasteiger partial charge in [-0.15, -0.1) is 0 Å². The Morgan fingerprint density at radius 3 is 1.61 bits per heavy atom. The van der Waals surface area contributed by atoms with E-state index in [1.807, 2.05) is 84.9 Å². The number of amides is 1. The monoisotopic (exact) mass is 783 g/mol. The summed E-state index contributed by atoms with van der Waals surface area (Å²) < 4.78 is 60.8. The molecule has 0 spiro atoms. The summed E-state index contributed by atoms with van der Waals surface area (Å²) in [5.41, 5.74) is 3.05. The number of hydrogen-bond donors (Lipinski definition) is 1. The standard InChI is InChI=1S/C43H46NO11P/c1-33(41(42(45)51-28-35-17-9-4-10-18-35)44-43(46)52-29-36-19-11-5-12-20-36)55-56(47,53-30-37-21-13-6-14-22-37)54-32-40(49-27-34-15-7-3-8-16-34)31-50-39-25-23-38(48-2)24-26-39/h3-26,33,40-41H,27-32H2,1-2H3,(H,44,46)/t33-,40+,41-,56?/m0/s1. The van der Waals surface area contributed by atoms with Crippen LogP contribution < -0.4 is 14.8 Å². The van der Waals surface area contributed by atoms with Crippen LogP contribution in [0.2, 0.25) is 0 Å². The first kappa shape index (κ1) is 41.7. The van der Waals surface area contributed by atoms with Crippen LogP contribution in [-0.4, -0.2) is 50.6 Å². The average Bonchev–Trinajstić information content (AvgIpc) is 3.24. The van der Waals surface area contributed by atoms with Crippen LogP contribution in [0.4, 0.5) is 4.79 Å². The molecule has 5 aromatic rings. The molecule has 0 heterocycles. The molecule has 5 aromatic carbocycles. The maximum Gasteiger partial charge on any atom is 0.475 e. The van der Waals surface area contributed by atoms with E-state index in [1.54, 1.807) is 67.8 Å². The summed E-state index contributed by atoms with van der Waals surface area (Å²) in [6.07, 6.45) is -2.98. The van der Waals surface area contributed by atoms with Gasteiger partial charge in [0, 0.05) is 0 Å². The number of esters is 1. The van der Waals surface area contributed by atoms with Crippen molar-refractivity contribution in [2.24, 2.45) is 0 Å². The fraction of sp³-hybridized carbons (Fsp3) is 0.256. The normalized spacial score (nSPS) is 13.7. The predicted octanol–water partition coefficient (Wildman–Crippen LogP) is 8.44. The van der Waals surface area contributed by atoms with Crippen LogP contribution in [0.15, 0.2) is 146 Å². The fourth-order valence-corrected chi connectivity index (χ4v) is 6.52. The summed E-state index contributed by atoms with van der Waals surface area (Å²) in [4.78, 5) is 26.6. The molecule has 0 aliphatic rings. The van der Waals surface area contributed by atoms with Crippen molar-refractivity contribution in [2.75, 3.05) is 20.3 Å². The second-order valence-corrected chi connectivity index (χ2v) is 14.1. The third kappa shape index (κ3) is 14.3. The zero-order valence-electron chi connectivity index (χ0n) is 31.3. The van der Waals surface area contributed by atoms with Gasteiger partial charge >= 0.3 is 19.9 Å². The summed E-state index contributed by atoms with van der Waals surface area (Å²) in [6.45, 7) is 1.07. The molecular weight excluding hydrogens is 737 g/mol. The van der Waals surface area contributed by atoms with Gasteiger partial charge in [-0.1, -0.05) is 121 Å². The Balaban J connectivity index is 1.33. The van der Waals surface area contributed by atoms with E-state index in [-0.39, 0.29) is 39.6 Å². The summed E-state index contributed by atoms with van der Waals surface area (Å²) in [5.74, 6) is 0.362. The van der Waals surface area contributed by atoms with Crippen molar-refractivity contribution in [3.63, 3.8) is 0 Å². The van der Waals surface area contributed by atoms with Crippen LogP contribution >= 0.6 is 7.82 Å². The molecule has 0 saturated heterocycles. The van der Waals surface area contributed by atoms with Gasteiger partial charge in [0.15, 0.2) is 6.04 Å². The smallest absolute Gasteiger partial charge is 0.475 e. The minimum Gasteiger partial charge on any atom is -0.497 e. The lowest BCUT2D eigenvalue weighted by Crippen LogP contribution is -2.49. The van der Waals surface area contributed by atoms with E-state index in [1.165, 1.54) is 6.92 Å². The maximum absolute atomic E-state index is 14.6. The Bertz CT molecular complexity index is 1940. The molecule has 294 valence electrons. The van der Waals surface area contributed by atoms with E-state index in [4.69, 9.17) is 37.3 Å². The van der Waals surface area contributed by atoms with Crippen molar-refractivity contribution in [3.05, 3.63) is 168 Å². The Labute approximate surface area is 327 Å². The molecule has 0 aliphatic heterocycles. The second kappa shape index (κ2) is 22.2. The van der Waals surface area contributed by atoms with E-state index >= 15 is 0 Å². The molecule has 0 saturated carbocycles. The Morgan fingerprint density at radius 1 is 0.589 bits per heavy atom. The molecule has 56 heavy (non-hydrogen) atoms. The van der Waals surface area contributed by atoms with Gasteiger partial charge in [-0.25, -0.2) is 14.2 Å². The van der Waals surface area contributed by atoms with E-state index in [2.05, 4.69) is 5.32 Å². The first-order valence-corrected chi connectivity index (χ1v) is 19.5. The molecule has 0 fully saturated rings. The minimum absolute atomic E-state index is 0.0106. The molecule has 0 bridgehead atoms. The van der Waals surface area contributed by atoms with Gasteiger partial charge in [0.2, 0.25) is 0 Å². The van der Waals surface area contributed by atoms with E-state index < -0.39 is 38.1 Å². The lowest BCUT2D eigenvalue weighted by Gasteiger charge is -2.28. The van der Waals surface area contributed by atoms with Gasteiger partial charge in [0.25, 0.3) is 0 Å². The summed E-state index contributed by atoms with van der Waals surface area (Å²) >= 11 is 0. The number of alkyl carbamates (subject to hydrolysis) is 1. The molecule has 1 N–H and O–H groups in total. The lowest BCUT2D eigenvalue weighted by molar-refractivity contribution is -0.150. The number of carbonyl (C=O) groups is 2. The number of nitrogens with one attached hydrogen (secondary N) is 1. The molecule has 0 aliphatic carbocycles. The molecule has 5 rings (SSSR count). The summed E-state index contributed by atoms with van der Waals surface area (Å²) in [6, 6.07) is 42.2. The maximum atomic E-state index is 14.6. The zero-order valence-corrected chi connectivity index (χ0v) is 32.2. The number of rotatable bonds is 22. The fourth-order valence-electron chi connectivity index (χ4n) is 5.14. The van der Waals surface area contributed by atoms with Crippen LogP contribution in [-0.2, 0) is 63.6 Å². The first-order valence-electron chi connectivity index (χ1n) is 18.0. The highest BCUT2D eigenvalue weighted by molar-refractivity contribution is 7.48. The number of carbonyl (C=O) groups excluding carboxylic acids is 2. The topological polar surface area (TPSA) is 137 Å². The van der Waals surface area contributed by atoms with Crippen LogP contribution in [0, 0.1) is 0 Å². The SMILES string of the molecule is COc1ccc(OC[C@H](COP(=O)(OCc2ccccc2)O[C@@H](C)[C@H](NC(=O)OCc2ccccc2)C(=O)OCc2ccccc2)OCc2ccccc2)cc1.